The lowest BCUT2D eigenvalue weighted by Gasteiger charge is -2.40. The molecule has 0 aromatic carbocycles. The van der Waals surface area contributed by atoms with Crippen LogP contribution in [0.15, 0.2) is 18.3 Å². The summed E-state index contributed by atoms with van der Waals surface area (Å²) in [6.07, 6.45) is 3.62. The first-order chi connectivity index (χ1) is 10.2. The van der Waals surface area contributed by atoms with Crippen LogP contribution in [-0.4, -0.2) is 42.5 Å². The predicted octanol–water partition coefficient (Wildman–Crippen LogP) is 3.42. The largest absolute Gasteiger partial charge is 0.393 e. The van der Waals surface area contributed by atoms with Crippen LogP contribution in [0, 0.1) is 6.92 Å². The van der Waals surface area contributed by atoms with Gasteiger partial charge in [-0.1, -0.05) is 27.7 Å². The zero-order valence-electron chi connectivity index (χ0n) is 14.5. The summed E-state index contributed by atoms with van der Waals surface area (Å²) in [7, 11) is 1.68. The Kier molecular flexibility index (Phi) is 10.0. The third-order valence-corrected chi connectivity index (χ3v) is 3.66. The van der Waals surface area contributed by atoms with Crippen LogP contribution in [-0.2, 0) is 4.74 Å². The Morgan fingerprint density at radius 1 is 1.19 bits per heavy atom. The summed E-state index contributed by atoms with van der Waals surface area (Å²) in [5.74, 6) is 0. The molecule has 0 spiro atoms. The minimum Gasteiger partial charge on any atom is -0.393 e. The molecule has 0 amide bonds. The number of pyridine rings is 1. The summed E-state index contributed by atoms with van der Waals surface area (Å²) in [5.41, 5.74) is 1.85. The third kappa shape index (κ3) is 5.64. The normalized spacial score (nSPS) is 16.2. The van der Waals surface area contributed by atoms with Crippen LogP contribution < -0.4 is 4.90 Å². The number of aryl methyl sites for hydroxylation is 1. The van der Waals surface area contributed by atoms with Crippen molar-refractivity contribution in [2.45, 2.75) is 53.1 Å². The first-order valence-corrected chi connectivity index (χ1v) is 8.03. The molecule has 1 saturated heterocycles. The van der Waals surface area contributed by atoms with Gasteiger partial charge >= 0.3 is 0 Å². The highest BCUT2D eigenvalue weighted by Gasteiger charge is 2.33. The molecule has 1 N–H and O–H groups in total. The highest BCUT2D eigenvalue weighted by atomic mass is 16.5. The number of rotatable bonds is 3. The van der Waals surface area contributed by atoms with E-state index in [0.29, 0.717) is 0 Å². The van der Waals surface area contributed by atoms with Crippen molar-refractivity contribution in [1.82, 2.24) is 4.98 Å². The van der Waals surface area contributed by atoms with E-state index in [-0.39, 0.29) is 12.2 Å². The minimum atomic E-state index is -0.339. The molecular formula is C17H32N2O2. The second-order valence-corrected chi connectivity index (χ2v) is 4.69. The Labute approximate surface area is 130 Å². The van der Waals surface area contributed by atoms with Gasteiger partial charge in [-0.3, -0.25) is 4.98 Å². The number of hydrogen-bond donors (Lipinski definition) is 1. The first kappa shape index (κ1) is 19.9. The maximum atomic E-state index is 9.38. The molecule has 0 bridgehead atoms. The van der Waals surface area contributed by atoms with Gasteiger partial charge in [-0.15, -0.1) is 0 Å². The van der Waals surface area contributed by atoms with E-state index in [1.165, 1.54) is 0 Å². The van der Waals surface area contributed by atoms with Crippen LogP contribution in [0.4, 0.5) is 5.69 Å². The Morgan fingerprint density at radius 3 is 2.14 bits per heavy atom. The van der Waals surface area contributed by atoms with Gasteiger partial charge in [0, 0.05) is 25.9 Å². The van der Waals surface area contributed by atoms with Gasteiger partial charge in [-0.2, -0.15) is 0 Å². The van der Waals surface area contributed by atoms with E-state index >= 15 is 0 Å². The average Bonchev–Trinajstić information content (AvgIpc) is 2.59. The number of aromatic nitrogens is 1. The molecule has 1 aromatic rings. The summed E-state index contributed by atoms with van der Waals surface area (Å²) in [5, 5.41) is 9.38. The van der Waals surface area contributed by atoms with Gasteiger partial charge in [0.05, 0.1) is 24.1 Å². The van der Waals surface area contributed by atoms with E-state index in [4.69, 9.17) is 4.74 Å². The molecule has 0 aliphatic carbocycles. The molecule has 122 valence electrons. The fraction of sp³-hybridized carbons (Fsp3) is 0.706. The molecule has 4 heteroatoms. The van der Waals surface area contributed by atoms with E-state index in [2.05, 4.69) is 16.0 Å². The maximum absolute atomic E-state index is 9.38. The molecule has 1 fully saturated rings. The maximum Gasteiger partial charge on any atom is 0.0941 e. The van der Waals surface area contributed by atoms with Gasteiger partial charge in [0.1, 0.15) is 0 Å². The molecule has 1 aliphatic heterocycles. The smallest absolute Gasteiger partial charge is 0.0941 e. The Morgan fingerprint density at radius 2 is 1.76 bits per heavy atom. The van der Waals surface area contributed by atoms with E-state index < -0.39 is 0 Å². The Balaban J connectivity index is 0.000000921. The standard InChI is InChI=1S/C13H20N2O2.2C2H6/c1-11-3-4-12(9-14-11)15-7-5-13(10-16,17-2)6-8-15;2*1-2/h3-4,9,16H,5-8,10H2,1-2H3;2*1-2H3. The summed E-state index contributed by atoms with van der Waals surface area (Å²) >= 11 is 0. The molecular weight excluding hydrogens is 264 g/mol. The van der Waals surface area contributed by atoms with Crippen molar-refractivity contribution in [3.05, 3.63) is 24.0 Å². The molecule has 1 aromatic heterocycles. The van der Waals surface area contributed by atoms with E-state index in [1.807, 2.05) is 46.9 Å². The quantitative estimate of drug-likeness (QED) is 0.928. The van der Waals surface area contributed by atoms with Crippen LogP contribution in [0.3, 0.4) is 0 Å². The summed E-state index contributed by atoms with van der Waals surface area (Å²) in [6.45, 7) is 11.9. The molecule has 0 saturated carbocycles. The van der Waals surface area contributed by atoms with Crippen molar-refractivity contribution in [3.63, 3.8) is 0 Å². The van der Waals surface area contributed by atoms with Crippen LogP contribution in [0.25, 0.3) is 0 Å². The van der Waals surface area contributed by atoms with Crippen molar-refractivity contribution in [2.75, 3.05) is 31.7 Å². The van der Waals surface area contributed by atoms with Gasteiger partial charge in [-0.05, 0) is 31.9 Å². The zero-order valence-corrected chi connectivity index (χ0v) is 14.5. The molecule has 21 heavy (non-hydrogen) atoms. The molecule has 0 atom stereocenters. The Hall–Kier alpha value is -1.13. The predicted molar refractivity (Wildman–Crippen MR) is 89.9 cm³/mol. The topological polar surface area (TPSA) is 45.6 Å². The lowest BCUT2D eigenvalue weighted by atomic mass is 9.92. The van der Waals surface area contributed by atoms with Crippen LogP contribution in [0.2, 0.25) is 0 Å². The monoisotopic (exact) mass is 296 g/mol. The van der Waals surface area contributed by atoms with Gasteiger partial charge in [0.15, 0.2) is 0 Å². The van der Waals surface area contributed by atoms with Crippen LogP contribution in [0.5, 0.6) is 0 Å². The molecule has 2 heterocycles. The molecule has 0 unspecified atom stereocenters. The van der Waals surface area contributed by atoms with E-state index in [1.54, 1.807) is 7.11 Å². The van der Waals surface area contributed by atoms with Crippen LogP contribution in [0.1, 0.15) is 46.2 Å². The van der Waals surface area contributed by atoms with Gasteiger partial charge in [-0.25, -0.2) is 0 Å². The molecule has 1 aliphatic rings. The van der Waals surface area contributed by atoms with Gasteiger partial charge in [0.25, 0.3) is 0 Å². The van der Waals surface area contributed by atoms with Crippen molar-refractivity contribution in [3.8, 4) is 0 Å². The highest BCUT2D eigenvalue weighted by molar-refractivity contribution is 5.45. The van der Waals surface area contributed by atoms with Gasteiger partial charge < -0.3 is 14.7 Å². The zero-order chi connectivity index (χ0) is 16.3. The SMILES string of the molecule is CC.CC.COC1(CO)CCN(c2ccc(C)nc2)CC1. The van der Waals surface area contributed by atoms with Gasteiger partial charge in [0.2, 0.25) is 0 Å². The minimum absolute atomic E-state index is 0.101. The number of anilines is 1. The fourth-order valence-electron chi connectivity index (χ4n) is 2.25. The third-order valence-electron chi connectivity index (χ3n) is 3.66. The summed E-state index contributed by atoms with van der Waals surface area (Å²) < 4.78 is 5.44. The van der Waals surface area contributed by atoms with E-state index in [0.717, 1.165) is 37.3 Å². The van der Waals surface area contributed by atoms with Crippen molar-refractivity contribution in [1.29, 1.82) is 0 Å². The summed E-state index contributed by atoms with van der Waals surface area (Å²) in [6, 6.07) is 4.13. The summed E-state index contributed by atoms with van der Waals surface area (Å²) in [4.78, 5) is 6.60. The van der Waals surface area contributed by atoms with Crippen molar-refractivity contribution < 1.29 is 9.84 Å². The highest BCUT2D eigenvalue weighted by Crippen LogP contribution is 2.28. The second kappa shape index (κ2) is 10.6. The molecule has 4 nitrogen and oxygen atoms in total. The number of hydrogen-bond acceptors (Lipinski definition) is 4. The molecule has 0 radical (unpaired) electrons. The Bertz CT molecular complexity index is 352. The second-order valence-electron chi connectivity index (χ2n) is 4.69. The fourth-order valence-corrected chi connectivity index (χ4v) is 2.25. The van der Waals surface area contributed by atoms with Crippen molar-refractivity contribution >= 4 is 5.69 Å². The lowest BCUT2D eigenvalue weighted by molar-refractivity contribution is -0.0672. The lowest BCUT2D eigenvalue weighted by Crippen LogP contribution is -2.48. The average molecular weight is 296 g/mol. The van der Waals surface area contributed by atoms with Crippen LogP contribution >= 0.6 is 0 Å². The number of ether oxygens (including phenoxy) is 1. The number of aliphatic hydroxyl groups is 1. The number of piperidine rings is 1. The van der Waals surface area contributed by atoms with Crippen molar-refractivity contribution in [2.24, 2.45) is 0 Å². The molecule has 2 rings (SSSR count). The number of methoxy groups -OCH3 is 1. The van der Waals surface area contributed by atoms with E-state index in [9.17, 15) is 5.11 Å². The first-order valence-electron chi connectivity index (χ1n) is 8.03. The number of nitrogens with zero attached hydrogens (tertiary/aromatic N) is 2. The number of aliphatic hydroxyl groups excluding tert-OH is 1.